The third-order valence-electron chi connectivity index (χ3n) is 3.44. The summed E-state index contributed by atoms with van der Waals surface area (Å²) in [4.78, 5) is 13.9. The molecule has 1 aromatic carbocycles. The summed E-state index contributed by atoms with van der Waals surface area (Å²) in [6.07, 6.45) is 2.02. The van der Waals surface area contributed by atoms with Crippen LogP contribution in [0.4, 0.5) is 0 Å². The van der Waals surface area contributed by atoms with Gasteiger partial charge in [0.2, 0.25) is 5.91 Å². The van der Waals surface area contributed by atoms with Crippen molar-refractivity contribution >= 4 is 17.5 Å². The number of nitrogens with one attached hydrogen (secondary N) is 1. The number of likely N-dealkylation sites (tertiary alicyclic amines) is 1. The van der Waals surface area contributed by atoms with Gasteiger partial charge in [-0.15, -0.1) is 0 Å². The SMILES string of the molecule is O=C(CN1CCC[C@@H]1CO)NCc1cccc(Cl)c1. The number of amides is 1. The normalized spacial score (nSPS) is 19.6. The molecule has 4 nitrogen and oxygen atoms in total. The van der Waals surface area contributed by atoms with Crippen molar-refractivity contribution in [2.45, 2.75) is 25.4 Å². The van der Waals surface area contributed by atoms with E-state index in [0.29, 0.717) is 18.1 Å². The summed E-state index contributed by atoms with van der Waals surface area (Å²) >= 11 is 5.89. The fraction of sp³-hybridized carbons (Fsp3) is 0.500. The molecule has 0 radical (unpaired) electrons. The molecule has 1 amide bonds. The molecular weight excluding hydrogens is 264 g/mol. The number of hydrogen-bond donors (Lipinski definition) is 2. The van der Waals surface area contributed by atoms with Gasteiger partial charge >= 0.3 is 0 Å². The Labute approximate surface area is 118 Å². The van der Waals surface area contributed by atoms with Crippen LogP contribution in [0.15, 0.2) is 24.3 Å². The molecule has 0 spiro atoms. The highest BCUT2D eigenvalue weighted by atomic mass is 35.5. The zero-order valence-electron chi connectivity index (χ0n) is 10.8. The maximum Gasteiger partial charge on any atom is 0.234 e. The summed E-state index contributed by atoms with van der Waals surface area (Å²) in [5.74, 6) is -0.0136. The van der Waals surface area contributed by atoms with Gasteiger partial charge in [0, 0.05) is 17.6 Å². The highest BCUT2D eigenvalue weighted by molar-refractivity contribution is 6.30. The fourth-order valence-corrected chi connectivity index (χ4v) is 2.61. The first-order chi connectivity index (χ1) is 9.19. The van der Waals surface area contributed by atoms with Crippen molar-refractivity contribution in [1.29, 1.82) is 0 Å². The topological polar surface area (TPSA) is 52.6 Å². The molecule has 1 aliphatic rings. The van der Waals surface area contributed by atoms with Crippen molar-refractivity contribution in [3.63, 3.8) is 0 Å². The van der Waals surface area contributed by atoms with Gasteiger partial charge < -0.3 is 10.4 Å². The Morgan fingerprint density at radius 2 is 2.37 bits per heavy atom. The summed E-state index contributed by atoms with van der Waals surface area (Å²) in [6.45, 7) is 1.85. The second kappa shape index (κ2) is 6.89. The molecule has 1 atom stereocenters. The molecule has 2 rings (SSSR count). The van der Waals surface area contributed by atoms with Crippen LogP contribution in [-0.2, 0) is 11.3 Å². The lowest BCUT2D eigenvalue weighted by Crippen LogP contribution is -2.40. The van der Waals surface area contributed by atoms with E-state index >= 15 is 0 Å². The summed E-state index contributed by atoms with van der Waals surface area (Å²) in [5.41, 5.74) is 0.987. The number of rotatable bonds is 5. The van der Waals surface area contributed by atoms with Gasteiger partial charge in [0.25, 0.3) is 0 Å². The second-order valence-corrected chi connectivity index (χ2v) is 5.29. The maximum atomic E-state index is 11.9. The summed E-state index contributed by atoms with van der Waals surface area (Å²) < 4.78 is 0. The third kappa shape index (κ3) is 4.20. The van der Waals surface area contributed by atoms with Crippen molar-refractivity contribution in [3.05, 3.63) is 34.9 Å². The molecule has 104 valence electrons. The molecule has 1 fully saturated rings. The average Bonchev–Trinajstić information content (AvgIpc) is 2.84. The number of aliphatic hydroxyl groups excluding tert-OH is 1. The maximum absolute atomic E-state index is 11.9. The lowest BCUT2D eigenvalue weighted by Gasteiger charge is -2.21. The largest absolute Gasteiger partial charge is 0.395 e. The molecule has 0 unspecified atom stereocenters. The second-order valence-electron chi connectivity index (χ2n) is 4.86. The zero-order valence-corrected chi connectivity index (χ0v) is 11.6. The first-order valence-electron chi connectivity index (χ1n) is 6.55. The van der Waals surface area contributed by atoms with Gasteiger partial charge in [0.05, 0.1) is 13.2 Å². The number of halogens is 1. The van der Waals surface area contributed by atoms with E-state index in [4.69, 9.17) is 11.6 Å². The van der Waals surface area contributed by atoms with Crippen molar-refractivity contribution in [2.24, 2.45) is 0 Å². The van der Waals surface area contributed by atoms with Crippen LogP contribution < -0.4 is 5.32 Å². The smallest absolute Gasteiger partial charge is 0.234 e. The van der Waals surface area contributed by atoms with Crippen molar-refractivity contribution < 1.29 is 9.90 Å². The summed E-state index contributed by atoms with van der Waals surface area (Å²) in [5, 5.41) is 12.7. The van der Waals surface area contributed by atoms with Gasteiger partial charge in [0.1, 0.15) is 0 Å². The van der Waals surface area contributed by atoms with Gasteiger partial charge in [-0.1, -0.05) is 23.7 Å². The highest BCUT2D eigenvalue weighted by Crippen LogP contribution is 2.15. The predicted molar refractivity (Wildman–Crippen MR) is 75.0 cm³/mol. The van der Waals surface area contributed by atoms with Gasteiger partial charge in [-0.25, -0.2) is 0 Å². The quantitative estimate of drug-likeness (QED) is 0.859. The number of hydrogen-bond acceptors (Lipinski definition) is 3. The molecule has 0 saturated carbocycles. The van der Waals surface area contributed by atoms with Gasteiger partial charge in [0.15, 0.2) is 0 Å². The van der Waals surface area contributed by atoms with Crippen LogP contribution in [0.5, 0.6) is 0 Å². The molecular formula is C14H19ClN2O2. The van der Waals surface area contributed by atoms with E-state index in [1.165, 1.54) is 0 Å². The van der Waals surface area contributed by atoms with E-state index in [0.717, 1.165) is 24.9 Å². The summed E-state index contributed by atoms with van der Waals surface area (Å²) in [6, 6.07) is 7.58. The molecule has 19 heavy (non-hydrogen) atoms. The van der Waals surface area contributed by atoms with Crippen molar-refractivity contribution in [3.8, 4) is 0 Å². The van der Waals surface area contributed by atoms with Gasteiger partial charge in [-0.05, 0) is 37.1 Å². The predicted octanol–water partition coefficient (Wildman–Crippen LogP) is 1.41. The van der Waals surface area contributed by atoms with Gasteiger partial charge in [-0.3, -0.25) is 9.69 Å². The fourth-order valence-electron chi connectivity index (χ4n) is 2.40. The van der Waals surface area contributed by atoms with E-state index in [-0.39, 0.29) is 18.6 Å². The minimum atomic E-state index is -0.0136. The average molecular weight is 283 g/mol. The summed E-state index contributed by atoms with van der Waals surface area (Å²) in [7, 11) is 0. The number of aliphatic hydroxyl groups is 1. The Bertz CT molecular complexity index is 439. The number of carbonyl (C=O) groups is 1. The Morgan fingerprint density at radius 3 is 3.11 bits per heavy atom. The van der Waals surface area contributed by atoms with Crippen molar-refractivity contribution in [1.82, 2.24) is 10.2 Å². The molecule has 1 aliphatic heterocycles. The zero-order chi connectivity index (χ0) is 13.7. The monoisotopic (exact) mass is 282 g/mol. The number of carbonyl (C=O) groups excluding carboxylic acids is 1. The van der Waals surface area contributed by atoms with E-state index in [9.17, 15) is 9.90 Å². The Hall–Kier alpha value is -1.10. The van der Waals surface area contributed by atoms with E-state index in [1.807, 2.05) is 29.2 Å². The number of benzene rings is 1. The van der Waals surface area contributed by atoms with Gasteiger partial charge in [-0.2, -0.15) is 0 Å². The van der Waals surface area contributed by atoms with Crippen LogP contribution in [0.25, 0.3) is 0 Å². The van der Waals surface area contributed by atoms with E-state index in [1.54, 1.807) is 0 Å². The van der Waals surface area contributed by atoms with E-state index in [2.05, 4.69) is 5.32 Å². The molecule has 5 heteroatoms. The Balaban J connectivity index is 1.78. The third-order valence-corrected chi connectivity index (χ3v) is 3.67. The molecule has 1 heterocycles. The molecule has 0 aliphatic carbocycles. The van der Waals surface area contributed by atoms with Crippen LogP contribution in [0.2, 0.25) is 5.02 Å². The minimum Gasteiger partial charge on any atom is -0.395 e. The van der Waals surface area contributed by atoms with E-state index < -0.39 is 0 Å². The van der Waals surface area contributed by atoms with Crippen LogP contribution in [0, 0.1) is 0 Å². The van der Waals surface area contributed by atoms with Crippen LogP contribution in [0.3, 0.4) is 0 Å². The van der Waals surface area contributed by atoms with Crippen LogP contribution >= 0.6 is 11.6 Å². The van der Waals surface area contributed by atoms with Crippen molar-refractivity contribution in [2.75, 3.05) is 19.7 Å². The Morgan fingerprint density at radius 1 is 1.53 bits per heavy atom. The number of nitrogens with zero attached hydrogens (tertiary/aromatic N) is 1. The molecule has 0 aromatic heterocycles. The van der Waals surface area contributed by atoms with Crippen LogP contribution in [0.1, 0.15) is 18.4 Å². The molecule has 2 N–H and O–H groups in total. The minimum absolute atomic E-state index is 0.0136. The lowest BCUT2D eigenvalue weighted by molar-refractivity contribution is -0.122. The molecule has 1 aromatic rings. The molecule has 1 saturated heterocycles. The Kier molecular flexibility index (Phi) is 5.19. The molecule has 0 bridgehead atoms. The first kappa shape index (κ1) is 14.3. The highest BCUT2D eigenvalue weighted by Gasteiger charge is 2.25. The standard InChI is InChI=1S/C14H19ClN2O2/c15-12-4-1-3-11(7-12)8-16-14(19)9-17-6-2-5-13(17)10-18/h1,3-4,7,13,18H,2,5-6,8-10H2,(H,16,19)/t13-/m1/s1. The van der Waals surface area contributed by atoms with Crippen LogP contribution in [-0.4, -0.2) is 41.7 Å². The lowest BCUT2D eigenvalue weighted by atomic mass is 10.2. The first-order valence-corrected chi connectivity index (χ1v) is 6.93.